The number of carbonyl (C=O) groups excluding carboxylic acids is 1. The standard InChI is InChI=1S/C11H14ClN3O/c1-8(7-13)14-15-11(16)6-9-4-2-3-5-10(9)12/h2-5H,6-7,13H2,1H3,(H,15,16)/b14-8+. The van der Waals surface area contributed by atoms with Crippen molar-refractivity contribution in [1.82, 2.24) is 5.43 Å². The Balaban J connectivity index is 2.56. The lowest BCUT2D eigenvalue weighted by molar-refractivity contribution is -0.120. The zero-order valence-electron chi connectivity index (χ0n) is 9.03. The smallest absolute Gasteiger partial charge is 0.244 e. The van der Waals surface area contributed by atoms with Gasteiger partial charge < -0.3 is 5.73 Å². The van der Waals surface area contributed by atoms with Gasteiger partial charge in [-0.1, -0.05) is 29.8 Å². The number of amides is 1. The van der Waals surface area contributed by atoms with Crippen LogP contribution in [0, 0.1) is 0 Å². The highest BCUT2D eigenvalue weighted by molar-refractivity contribution is 6.31. The predicted molar refractivity (Wildman–Crippen MR) is 65.5 cm³/mol. The molecule has 0 atom stereocenters. The van der Waals surface area contributed by atoms with Crippen LogP contribution in [0.4, 0.5) is 0 Å². The highest BCUT2D eigenvalue weighted by Crippen LogP contribution is 2.14. The molecule has 5 heteroatoms. The molecule has 0 aromatic heterocycles. The summed E-state index contributed by atoms with van der Waals surface area (Å²) < 4.78 is 0. The van der Waals surface area contributed by atoms with E-state index in [-0.39, 0.29) is 12.3 Å². The van der Waals surface area contributed by atoms with Crippen molar-refractivity contribution in [3.63, 3.8) is 0 Å². The summed E-state index contributed by atoms with van der Waals surface area (Å²) in [5.74, 6) is -0.207. The van der Waals surface area contributed by atoms with Gasteiger partial charge >= 0.3 is 0 Å². The molecule has 1 aromatic rings. The number of rotatable bonds is 4. The predicted octanol–water partition coefficient (Wildman–Crippen LogP) is 1.33. The van der Waals surface area contributed by atoms with Crippen LogP contribution in [0.3, 0.4) is 0 Å². The van der Waals surface area contributed by atoms with Gasteiger partial charge in [0.2, 0.25) is 5.91 Å². The van der Waals surface area contributed by atoms with E-state index in [4.69, 9.17) is 17.3 Å². The zero-order chi connectivity index (χ0) is 12.0. The molecule has 1 rings (SSSR count). The van der Waals surface area contributed by atoms with Crippen molar-refractivity contribution in [3.8, 4) is 0 Å². The van der Waals surface area contributed by atoms with Crippen molar-refractivity contribution in [2.24, 2.45) is 10.8 Å². The molecule has 0 radical (unpaired) electrons. The third-order valence-electron chi connectivity index (χ3n) is 1.98. The second-order valence-corrected chi connectivity index (χ2v) is 3.76. The monoisotopic (exact) mass is 239 g/mol. The fourth-order valence-corrected chi connectivity index (χ4v) is 1.26. The summed E-state index contributed by atoms with van der Waals surface area (Å²) >= 11 is 5.92. The van der Waals surface area contributed by atoms with Crippen molar-refractivity contribution in [2.75, 3.05) is 6.54 Å². The lowest BCUT2D eigenvalue weighted by Crippen LogP contribution is -2.23. The largest absolute Gasteiger partial charge is 0.325 e. The first-order valence-electron chi connectivity index (χ1n) is 4.89. The maximum Gasteiger partial charge on any atom is 0.244 e. The van der Waals surface area contributed by atoms with Crippen LogP contribution in [0.2, 0.25) is 5.02 Å². The Bertz CT molecular complexity index is 404. The molecule has 0 aliphatic carbocycles. The van der Waals surface area contributed by atoms with Gasteiger partial charge in [0.05, 0.1) is 6.42 Å². The molecule has 0 saturated carbocycles. The van der Waals surface area contributed by atoms with Crippen molar-refractivity contribution in [1.29, 1.82) is 0 Å². The first kappa shape index (κ1) is 12.7. The molecule has 3 N–H and O–H groups in total. The number of nitrogens with zero attached hydrogens (tertiary/aromatic N) is 1. The van der Waals surface area contributed by atoms with Gasteiger partial charge in [-0.05, 0) is 18.6 Å². The number of halogens is 1. The van der Waals surface area contributed by atoms with Crippen LogP contribution in [0.25, 0.3) is 0 Å². The third kappa shape index (κ3) is 4.00. The van der Waals surface area contributed by atoms with Gasteiger partial charge in [-0.25, -0.2) is 5.43 Å². The van der Waals surface area contributed by atoms with Crippen LogP contribution in [-0.2, 0) is 11.2 Å². The molecule has 16 heavy (non-hydrogen) atoms. The molecule has 0 aliphatic heterocycles. The van der Waals surface area contributed by atoms with Crippen molar-refractivity contribution in [3.05, 3.63) is 34.9 Å². The molecule has 1 aromatic carbocycles. The number of hydrogen-bond acceptors (Lipinski definition) is 3. The molecule has 0 saturated heterocycles. The number of benzene rings is 1. The number of hydrogen-bond donors (Lipinski definition) is 2. The van der Waals surface area contributed by atoms with Gasteiger partial charge in [0, 0.05) is 17.3 Å². The Labute approximate surface area is 99.5 Å². The molecule has 1 amide bonds. The molecule has 0 fully saturated rings. The summed E-state index contributed by atoms with van der Waals surface area (Å²) in [5.41, 5.74) is 9.20. The molecule has 0 aliphatic rings. The van der Waals surface area contributed by atoms with Crippen molar-refractivity contribution in [2.45, 2.75) is 13.3 Å². The van der Waals surface area contributed by atoms with E-state index in [1.807, 2.05) is 12.1 Å². The van der Waals surface area contributed by atoms with Crippen LogP contribution >= 0.6 is 11.6 Å². The number of nitrogens with two attached hydrogens (primary N) is 1. The summed E-state index contributed by atoms with van der Waals surface area (Å²) in [6, 6.07) is 7.21. The van der Waals surface area contributed by atoms with Gasteiger partial charge in [-0.15, -0.1) is 0 Å². The summed E-state index contributed by atoms with van der Waals surface area (Å²) in [6.45, 7) is 2.07. The molecule has 0 bridgehead atoms. The molecule has 4 nitrogen and oxygen atoms in total. The van der Waals surface area contributed by atoms with Gasteiger partial charge in [-0.3, -0.25) is 4.79 Å². The summed E-state index contributed by atoms with van der Waals surface area (Å²) in [5, 5.41) is 4.40. The van der Waals surface area contributed by atoms with E-state index >= 15 is 0 Å². The second kappa shape index (κ2) is 6.25. The number of nitrogens with one attached hydrogen (secondary N) is 1. The highest BCUT2D eigenvalue weighted by atomic mass is 35.5. The minimum absolute atomic E-state index is 0.207. The van der Waals surface area contributed by atoms with Gasteiger partial charge in [0.1, 0.15) is 0 Å². The van der Waals surface area contributed by atoms with Crippen molar-refractivity contribution >= 4 is 23.2 Å². The Morgan fingerprint density at radius 2 is 2.19 bits per heavy atom. The second-order valence-electron chi connectivity index (χ2n) is 3.35. The van der Waals surface area contributed by atoms with Gasteiger partial charge in [0.25, 0.3) is 0 Å². The quantitative estimate of drug-likeness (QED) is 0.615. The SMILES string of the molecule is C/C(CN)=N\NC(=O)Cc1ccccc1Cl. The van der Waals surface area contributed by atoms with E-state index in [0.717, 1.165) is 5.56 Å². The fraction of sp³-hybridized carbons (Fsp3) is 0.273. The summed E-state index contributed by atoms with van der Waals surface area (Å²) in [6.07, 6.45) is 0.209. The maximum absolute atomic E-state index is 11.5. The highest BCUT2D eigenvalue weighted by Gasteiger charge is 2.05. The normalized spacial score (nSPS) is 11.3. The van der Waals surface area contributed by atoms with Crippen LogP contribution in [-0.4, -0.2) is 18.2 Å². The minimum atomic E-state index is -0.207. The minimum Gasteiger partial charge on any atom is -0.325 e. The molecule has 0 spiro atoms. The number of carbonyl (C=O) groups is 1. The average molecular weight is 240 g/mol. The summed E-state index contributed by atoms with van der Waals surface area (Å²) in [4.78, 5) is 11.5. The molecular formula is C11H14ClN3O. The first-order chi connectivity index (χ1) is 7.63. The summed E-state index contributed by atoms with van der Waals surface area (Å²) in [7, 11) is 0. The van der Waals surface area contributed by atoms with Crippen LogP contribution in [0.5, 0.6) is 0 Å². The third-order valence-corrected chi connectivity index (χ3v) is 2.34. The Kier molecular flexibility index (Phi) is 4.95. The van der Waals surface area contributed by atoms with E-state index < -0.39 is 0 Å². The topological polar surface area (TPSA) is 67.5 Å². The Hall–Kier alpha value is -1.39. The fourth-order valence-electron chi connectivity index (χ4n) is 1.06. The van der Waals surface area contributed by atoms with E-state index in [2.05, 4.69) is 10.5 Å². The van der Waals surface area contributed by atoms with E-state index in [1.165, 1.54) is 0 Å². The van der Waals surface area contributed by atoms with Gasteiger partial charge in [-0.2, -0.15) is 5.10 Å². The lowest BCUT2D eigenvalue weighted by atomic mass is 10.1. The average Bonchev–Trinajstić information content (AvgIpc) is 2.29. The van der Waals surface area contributed by atoms with Crippen LogP contribution in [0.15, 0.2) is 29.4 Å². The van der Waals surface area contributed by atoms with Crippen molar-refractivity contribution < 1.29 is 4.79 Å². The molecular weight excluding hydrogens is 226 g/mol. The van der Waals surface area contributed by atoms with E-state index in [1.54, 1.807) is 19.1 Å². The zero-order valence-corrected chi connectivity index (χ0v) is 9.79. The molecule has 0 unspecified atom stereocenters. The number of hydrazone groups is 1. The first-order valence-corrected chi connectivity index (χ1v) is 5.26. The van der Waals surface area contributed by atoms with E-state index in [0.29, 0.717) is 17.3 Å². The van der Waals surface area contributed by atoms with E-state index in [9.17, 15) is 4.79 Å². The molecule has 0 heterocycles. The molecule has 86 valence electrons. The van der Waals surface area contributed by atoms with Crippen LogP contribution < -0.4 is 11.2 Å². The Morgan fingerprint density at radius 3 is 2.81 bits per heavy atom. The maximum atomic E-state index is 11.5. The Morgan fingerprint density at radius 1 is 1.50 bits per heavy atom. The van der Waals surface area contributed by atoms with Crippen LogP contribution in [0.1, 0.15) is 12.5 Å². The van der Waals surface area contributed by atoms with Gasteiger partial charge in [0.15, 0.2) is 0 Å². The lowest BCUT2D eigenvalue weighted by Gasteiger charge is -2.03.